The maximum atomic E-state index is 5.34. The molecule has 0 heterocycles. The molecule has 0 aliphatic carbocycles. The first-order valence-electron chi connectivity index (χ1n) is 6.41. The van der Waals surface area contributed by atoms with Gasteiger partial charge in [-0.25, -0.2) is 0 Å². The Kier molecular flexibility index (Phi) is 8.16. The highest BCUT2D eigenvalue weighted by atomic mass is 127. The predicted octanol–water partition coefficient (Wildman–Crippen LogP) is 2.82. The summed E-state index contributed by atoms with van der Waals surface area (Å²) in [6.07, 6.45) is 1.03. The van der Waals surface area contributed by atoms with Crippen molar-refractivity contribution in [1.82, 2.24) is 5.32 Å². The van der Waals surface area contributed by atoms with Crippen molar-refractivity contribution >= 4 is 22.6 Å². The van der Waals surface area contributed by atoms with E-state index >= 15 is 0 Å². The van der Waals surface area contributed by atoms with Crippen LogP contribution in [-0.2, 0) is 11.3 Å². The number of ether oxygens (including phenoxy) is 3. The van der Waals surface area contributed by atoms with Gasteiger partial charge in [0.2, 0.25) is 0 Å². The predicted molar refractivity (Wildman–Crippen MR) is 85.1 cm³/mol. The van der Waals surface area contributed by atoms with Gasteiger partial charge in [0, 0.05) is 19.8 Å². The standard InChI is InChI=1S/C14H22INO3/c1-4-19-7-5-6-16-10-11-8-12(15)14(18-3)13(9-11)17-2/h8-9,16H,4-7,10H2,1-3H3. The van der Waals surface area contributed by atoms with Gasteiger partial charge < -0.3 is 19.5 Å². The number of methoxy groups -OCH3 is 2. The summed E-state index contributed by atoms with van der Waals surface area (Å²) >= 11 is 2.26. The van der Waals surface area contributed by atoms with Gasteiger partial charge in [-0.2, -0.15) is 0 Å². The van der Waals surface area contributed by atoms with Gasteiger partial charge in [0.25, 0.3) is 0 Å². The minimum absolute atomic E-state index is 0.778. The van der Waals surface area contributed by atoms with E-state index < -0.39 is 0 Å². The molecular formula is C14H22INO3. The Balaban J connectivity index is 2.48. The van der Waals surface area contributed by atoms with E-state index in [9.17, 15) is 0 Å². The number of rotatable bonds is 9. The summed E-state index contributed by atoms with van der Waals surface area (Å²) in [5.74, 6) is 1.57. The van der Waals surface area contributed by atoms with E-state index in [1.165, 1.54) is 5.56 Å². The van der Waals surface area contributed by atoms with Crippen LogP contribution in [0.15, 0.2) is 12.1 Å². The van der Waals surface area contributed by atoms with Gasteiger partial charge in [-0.15, -0.1) is 0 Å². The van der Waals surface area contributed by atoms with Crippen LogP contribution in [0.3, 0.4) is 0 Å². The highest BCUT2D eigenvalue weighted by molar-refractivity contribution is 14.1. The largest absolute Gasteiger partial charge is 0.493 e. The molecular weight excluding hydrogens is 357 g/mol. The van der Waals surface area contributed by atoms with Crippen molar-refractivity contribution in [3.63, 3.8) is 0 Å². The average Bonchev–Trinajstić information content (AvgIpc) is 2.42. The summed E-state index contributed by atoms with van der Waals surface area (Å²) in [6, 6.07) is 4.12. The smallest absolute Gasteiger partial charge is 0.174 e. The fourth-order valence-corrected chi connectivity index (χ4v) is 2.64. The summed E-state index contributed by atoms with van der Waals surface area (Å²) in [4.78, 5) is 0. The van der Waals surface area contributed by atoms with Crippen molar-refractivity contribution < 1.29 is 14.2 Å². The van der Waals surface area contributed by atoms with Gasteiger partial charge in [0.15, 0.2) is 11.5 Å². The Bertz CT molecular complexity index is 385. The molecule has 0 aliphatic rings. The first kappa shape index (κ1) is 16.5. The Morgan fingerprint density at radius 3 is 2.63 bits per heavy atom. The normalized spacial score (nSPS) is 10.5. The number of benzene rings is 1. The first-order valence-corrected chi connectivity index (χ1v) is 7.49. The molecule has 1 aromatic rings. The lowest BCUT2D eigenvalue weighted by molar-refractivity contribution is 0.144. The van der Waals surface area contributed by atoms with Crippen LogP contribution in [0.25, 0.3) is 0 Å². The molecule has 0 radical (unpaired) electrons. The van der Waals surface area contributed by atoms with E-state index in [4.69, 9.17) is 14.2 Å². The molecule has 0 amide bonds. The van der Waals surface area contributed by atoms with Crippen LogP contribution in [0.2, 0.25) is 0 Å². The topological polar surface area (TPSA) is 39.7 Å². The zero-order valence-corrected chi connectivity index (χ0v) is 14.0. The lowest BCUT2D eigenvalue weighted by atomic mass is 10.2. The Morgan fingerprint density at radius 1 is 1.21 bits per heavy atom. The van der Waals surface area contributed by atoms with E-state index in [1.807, 2.05) is 13.0 Å². The number of halogens is 1. The lowest BCUT2D eigenvalue weighted by Crippen LogP contribution is -2.16. The van der Waals surface area contributed by atoms with E-state index in [-0.39, 0.29) is 0 Å². The molecule has 1 aromatic carbocycles. The van der Waals surface area contributed by atoms with Gasteiger partial charge >= 0.3 is 0 Å². The fraction of sp³-hybridized carbons (Fsp3) is 0.571. The zero-order chi connectivity index (χ0) is 14.1. The molecule has 5 heteroatoms. The third-order valence-corrected chi connectivity index (χ3v) is 3.47. The van der Waals surface area contributed by atoms with Crippen molar-refractivity contribution in [3.05, 3.63) is 21.3 Å². The minimum Gasteiger partial charge on any atom is -0.493 e. The quantitative estimate of drug-likeness (QED) is 0.529. The van der Waals surface area contributed by atoms with E-state index in [1.54, 1.807) is 14.2 Å². The SMILES string of the molecule is CCOCCCNCc1cc(I)c(OC)c(OC)c1. The summed E-state index contributed by atoms with van der Waals surface area (Å²) in [5.41, 5.74) is 1.19. The molecule has 19 heavy (non-hydrogen) atoms. The summed E-state index contributed by atoms with van der Waals surface area (Å²) in [5, 5.41) is 3.40. The Hall–Kier alpha value is -0.530. The Morgan fingerprint density at radius 2 is 2.00 bits per heavy atom. The highest BCUT2D eigenvalue weighted by Crippen LogP contribution is 2.33. The third kappa shape index (κ3) is 5.54. The van der Waals surface area contributed by atoms with Crippen molar-refractivity contribution in [3.8, 4) is 11.5 Å². The van der Waals surface area contributed by atoms with Crippen LogP contribution in [0.4, 0.5) is 0 Å². The fourth-order valence-electron chi connectivity index (χ4n) is 1.75. The molecule has 0 unspecified atom stereocenters. The maximum Gasteiger partial charge on any atom is 0.174 e. The molecule has 4 nitrogen and oxygen atoms in total. The van der Waals surface area contributed by atoms with Crippen LogP contribution in [0.1, 0.15) is 18.9 Å². The molecule has 0 aliphatic heterocycles. The molecule has 0 atom stereocenters. The Labute approximate surface area is 129 Å². The molecule has 0 saturated carbocycles. The highest BCUT2D eigenvalue weighted by Gasteiger charge is 2.09. The molecule has 0 fully saturated rings. The van der Waals surface area contributed by atoms with Gasteiger partial charge in [-0.3, -0.25) is 0 Å². The van der Waals surface area contributed by atoms with Gasteiger partial charge in [0.05, 0.1) is 17.8 Å². The average molecular weight is 379 g/mol. The van der Waals surface area contributed by atoms with Crippen molar-refractivity contribution in [2.45, 2.75) is 19.9 Å². The summed E-state index contributed by atoms with van der Waals surface area (Å²) in [6.45, 7) is 5.38. The lowest BCUT2D eigenvalue weighted by Gasteiger charge is -2.12. The zero-order valence-electron chi connectivity index (χ0n) is 11.8. The van der Waals surface area contributed by atoms with Crippen LogP contribution in [0.5, 0.6) is 11.5 Å². The number of hydrogen-bond donors (Lipinski definition) is 1. The van der Waals surface area contributed by atoms with Crippen LogP contribution in [-0.4, -0.2) is 34.0 Å². The van der Waals surface area contributed by atoms with Crippen molar-refractivity contribution in [1.29, 1.82) is 0 Å². The second-order valence-corrected chi connectivity index (χ2v) is 5.20. The van der Waals surface area contributed by atoms with Crippen molar-refractivity contribution in [2.24, 2.45) is 0 Å². The molecule has 1 N–H and O–H groups in total. The second-order valence-electron chi connectivity index (χ2n) is 4.04. The third-order valence-electron chi connectivity index (χ3n) is 2.67. The van der Waals surface area contributed by atoms with Gasteiger partial charge in [-0.1, -0.05) is 0 Å². The minimum atomic E-state index is 0.778. The molecule has 0 spiro atoms. The molecule has 0 aromatic heterocycles. The van der Waals surface area contributed by atoms with Gasteiger partial charge in [-0.05, 0) is 60.2 Å². The van der Waals surface area contributed by atoms with Gasteiger partial charge in [0.1, 0.15) is 0 Å². The van der Waals surface area contributed by atoms with Crippen LogP contribution in [0, 0.1) is 3.57 Å². The summed E-state index contributed by atoms with van der Waals surface area (Å²) in [7, 11) is 3.32. The maximum absolute atomic E-state index is 5.34. The molecule has 108 valence electrons. The van der Waals surface area contributed by atoms with Crippen LogP contribution < -0.4 is 14.8 Å². The first-order chi connectivity index (χ1) is 9.22. The molecule has 0 bridgehead atoms. The number of nitrogens with one attached hydrogen (secondary N) is 1. The second kappa shape index (κ2) is 9.39. The van der Waals surface area contributed by atoms with Crippen LogP contribution >= 0.6 is 22.6 Å². The number of hydrogen-bond acceptors (Lipinski definition) is 4. The summed E-state index contributed by atoms with van der Waals surface area (Å²) < 4.78 is 17.0. The monoisotopic (exact) mass is 379 g/mol. The van der Waals surface area contributed by atoms with E-state index in [0.29, 0.717) is 0 Å². The van der Waals surface area contributed by atoms with Crippen molar-refractivity contribution in [2.75, 3.05) is 34.0 Å². The van der Waals surface area contributed by atoms with E-state index in [2.05, 4.69) is 34.0 Å². The molecule has 1 rings (SSSR count). The van der Waals surface area contributed by atoms with E-state index in [0.717, 1.165) is 47.8 Å². The molecule has 0 saturated heterocycles.